The van der Waals surface area contributed by atoms with Crippen molar-refractivity contribution >= 4 is 28.4 Å². The number of carbonyl (C=O) groups excluding carboxylic acids is 1. The number of halogens is 1. The number of hydrogen-bond donors (Lipinski definition) is 1. The molecule has 0 spiro atoms. The molecule has 0 aliphatic rings. The van der Waals surface area contributed by atoms with Crippen molar-refractivity contribution in [2.75, 3.05) is 6.54 Å². The quantitative estimate of drug-likeness (QED) is 0.748. The second-order valence-corrected chi connectivity index (χ2v) is 6.23. The molecule has 0 fully saturated rings. The summed E-state index contributed by atoms with van der Waals surface area (Å²) in [5, 5.41) is 3.37. The molecule has 0 aliphatic carbocycles. The molecule has 0 aliphatic heterocycles. The van der Waals surface area contributed by atoms with Crippen LogP contribution in [-0.4, -0.2) is 21.6 Å². The van der Waals surface area contributed by atoms with E-state index >= 15 is 0 Å². The molecule has 6 nitrogen and oxygen atoms in total. The number of benzene rings is 2. The summed E-state index contributed by atoms with van der Waals surface area (Å²) in [4.78, 5) is 38.1. The first-order valence-corrected chi connectivity index (χ1v) is 8.68. The maximum absolute atomic E-state index is 13.1. The van der Waals surface area contributed by atoms with Crippen molar-refractivity contribution in [1.29, 1.82) is 0 Å². The molecule has 26 heavy (non-hydrogen) atoms. The average Bonchev–Trinajstić information content (AvgIpc) is 2.65. The number of carbonyl (C=O) groups is 1. The van der Waals surface area contributed by atoms with Crippen LogP contribution in [-0.2, 0) is 11.3 Å². The average molecular weight is 372 g/mol. The molecule has 0 saturated carbocycles. The van der Waals surface area contributed by atoms with Gasteiger partial charge in [-0.2, -0.15) is 0 Å². The Morgan fingerprint density at radius 3 is 2.50 bits per heavy atom. The molecule has 1 heterocycles. The topological polar surface area (TPSA) is 73.1 Å². The van der Waals surface area contributed by atoms with Crippen LogP contribution < -0.4 is 16.6 Å². The summed E-state index contributed by atoms with van der Waals surface area (Å²) < 4.78 is 2.31. The molecule has 0 saturated heterocycles. The van der Waals surface area contributed by atoms with Crippen molar-refractivity contribution in [2.24, 2.45) is 0 Å². The number of fused-ring (bicyclic) bond motifs is 1. The number of rotatable bonds is 5. The zero-order chi connectivity index (χ0) is 18.7. The van der Waals surface area contributed by atoms with Gasteiger partial charge in [0, 0.05) is 6.54 Å². The zero-order valence-corrected chi connectivity index (χ0v) is 15.0. The van der Waals surface area contributed by atoms with E-state index in [0.717, 1.165) is 11.0 Å². The standard InChI is InChI=1S/C19H18ClN3O3/c1-2-11-21-17(24)12-22-15-9-5-3-7-13(15)18(25)23(19(22)26)16-10-6-4-8-14(16)20/h3-10H,2,11-12H2,1H3,(H,21,24). The molecule has 0 radical (unpaired) electrons. The van der Waals surface area contributed by atoms with Gasteiger partial charge in [-0.25, -0.2) is 9.36 Å². The van der Waals surface area contributed by atoms with Gasteiger partial charge in [0.05, 0.1) is 21.6 Å². The molecule has 7 heteroatoms. The lowest BCUT2D eigenvalue weighted by molar-refractivity contribution is -0.121. The highest BCUT2D eigenvalue weighted by Crippen LogP contribution is 2.18. The lowest BCUT2D eigenvalue weighted by Crippen LogP contribution is -2.42. The maximum Gasteiger partial charge on any atom is 0.336 e. The largest absolute Gasteiger partial charge is 0.355 e. The second-order valence-electron chi connectivity index (χ2n) is 5.83. The van der Waals surface area contributed by atoms with Crippen LogP contribution in [0, 0.1) is 0 Å². The van der Waals surface area contributed by atoms with Crippen molar-refractivity contribution in [3.05, 3.63) is 74.4 Å². The van der Waals surface area contributed by atoms with Gasteiger partial charge in [0.15, 0.2) is 0 Å². The Kier molecular flexibility index (Phi) is 5.23. The van der Waals surface area contributed by atoms with Gasteiger partial charge in [-0.15, -0.1) is 0 Å². The van der Waals surface area contributed by atoms with Crippen LogP contribution in [0.3, 0.4) is 0 Å². The molecule has 0 unspecified atom stereocenters. The lowest BCUT2D eigenvalue weighted by atomic mass is 10.2. The Labute approximate surface area is 154 Å². The smallest absolute Gasteiger partial charge is 0.336 e. The van der Waals surface area contributed by atoms with E-state index in [0.29, 0.717) is 17.4 Å². The molecule has 0 atom stereocenters. The van der Waals surface area contributed by atoms with E-state index in [1.807, 2.05) is 6.92 Å². The Morgan fingerprint density at radius 1 is 1.08 bits per heavy atom. The third kappa shape index (κ3) is 3.28. The molecule has 3 aromatic rings. The van der Waals surface area contributed by atoms with Gasteiger partial charge >= 0.3 is 5.69 Å². The van der Waals surface area contributed by atoms with Crippen LogP contribution in [0.25, 0.3) is 16.6 Å². The maximum atomic E-state index is 13.1. The predicted octanol–water partition coefficient (Wildman–Crippen LogP) is 2.33. The Balaban J connectivity index is 2.27. The molecule has 0 bridgehead atoms. The van der Waals surface area contributed by atoms with Crippen LogP contribution in [0.2, 0.25) is 5.02 Å². The van der Waals surface area contributed by atoms with Gasteiger partial charge in [0.25, 0.3) is 5.56 Å². The minimum absolute atomic E-state index is 0.177. The number of para-hydroxylation sites is 2. The summed E-state index contributed by atoms with van der Waals surface area (Å²) in [5.74, 6) is -0.288. The SMILES string of the molecule is CCCNC(=O)Cn1c(=O)n(-c2ccccc2Cl)c(=O)c2ccccc21. The Bertz CT molecular complexity index is 1090. The first-order chi connectivity index (χ1) is 12.5. The Hall–Kier alpha value is -2.86. The van der Waals surface area contributed by atoms with Gasteiger partial charge in [0.2, 0.25) is 5.91 Å². The minimum Gasteiger partial charge on any atom is -0.355 e. The lowest BCUT2D eigenvalue weighted by Gasteiger charge is -2.14. The molecule has 134 valence electrons. The van der Waals surface area contributed by atoms with Gasteiger partial charge < -0.3 is 5.32 Å². The van der Waals surface area contributed by atoms with E-state index in [2.05, 4.69) is 5.32 Å². The summed E-state index contributed by atoms with van der Waals surface area (Å²) in [7, 11) is 0. The molecule has 3 rings (SSSR count). The van der Waals surface area contributed by atoms with Crippen molar-refractivity contribution in [3.63, 3.8) is 0 Å². The molecular weight excluding hydrogens is 354 g/mol. The van der Waals surface area contributed by atoms with Crippen molar-refractivity contribution in [1.82, 2.24) is 14.5 Å². The summed E-state index contributed by atoms with van der Waals surface area (Å²) in [6.45, 7) is 2.29. The van der Waals surface area contributed by atoms with Crippen molar-refractivity contribution < 1.29 is 4.79 Å². The fourth-order valence-corrected chi connectivity index (χ4v) is 3.00. The molecule has 1 N–H and O–H groups in total. The number of hydrogen-bond acceptors (Lipinski definition) is 3. The summed E-state index contributed by atoms with van der Waals surface area (Å²) in [6.07, 6.45) is 0.792. The highest BCUT2D eigenvalue weighted by Gasteiger charge is 2.17. The highest BCUT2D eigenvalue weighted by molar-refractivity contribution is 6.32. The van der Waals surface area contributed by atoms with E-state index in [-0.39, 0.29) is 23.2 Å². The highest BCUT2D eigenvalue weighted by atomic mass is 35.5. The van der Waals surface area contributed by atoms with E-state index in [1.54, 1.807) is 48.5 Å². The summed E-state index contributed by atoms with van der Waals surface area (Å²) in [6, 6.07) is 13.3. The van der Waals surface area contributed by atoms with Gasteiger partial charge in [-0.1, -0.05) is 42.8 Å². The first-order valence-electron chi connectivity index (χ1n) is 8.30. The molecule has 1 aromatic heterocycles. The van der Waals surface area contributed by atoms with Crippen LogP contribution >= 0.6 is 11.6 Å². The normalized spacial score (nSPS) is 10.8. The van der Waals surface area contributed by atoms with Crippen LogP contribution in [0.15, 0.2) is 58.1 Å². The second kappa shape index (κ2) is 7.58. The van der Waals surface area contributed by atoms with E-state index in [1.165, 1.54) is 4.57 Å². The monoisotopic (exact) mass is 371 g/mol. The van der Waals surface area contributed by atoms with Gasteiger partial charge in [0.1, 0.15) is 6.54 Å². The fourth-order valence-electron chi connectivity index (χ4n) is 2.78. The summed E-state index contributed by atoms with van der Waals surface area (Å²) in [5.41, 5.74) is -0.368. The van der Waals surface area contributed by atoms with E-state index < -0.39 is 11.2 Å². The number of aromatic nitrogens is 2. The molecular formula is C19H18ClN3O3. The Morgan fingerprint density at radius 2 is 1.77 bits per heavy atom. The van der Waals surface area contributed by atoms with E-state index in [4.69, 9.17) is 11.6 Å². The molecule has 2 aromatic carbocycles. The number of nitrogens with one attached hydrogen (secondary N) is 1. The van der Waals surface area contributed by atoms with Crippen LogP contribution in [0.4, 0.5) is 0 Å². The van der Waals surface area contributed by atoms with Crippen LogP contribution in [0.5, 0.6) is 0 Å². The minimum atomic E-state index is -0.603. The van der Waals surface area contributed by atoms with Gasteiger partial charge in [-0.3, -0.25) is 14.2 Å². The summed E-state index contributed by atoms with van der Waals surface area (Å²) >= 11 is 6.19. The third-order valence-electron chi connectivity index (χ3n) is 4.02. The van der Waals surface area contributed by atoms with Crippen molar-refractivity contribution in [3.8, 4) is 5.69 Å². The van der Waals surface area contributed by atoms with Gasteiger partial charge in [-0.05, 0) is 30.7 Å². The number of nitrogens with zero attached hydrogens (tertiary/aromatic N) is 2. The third-order valence-corrected chi connectivity index (χ3v) is 4.34. The fraction of sp³-hybridized carbons (Fsp3) is 0.211. The molecule has 1 amide bonds. The first kappa shape index (κ1) is 17.9. The van der Waals surface area contributed by atoms with Crippen molar-refractivity contribution in [2.45, 2.75) is 19.9 Å². The number of amides is 1. The zero-order valence-electron chi connectivity index (χ0n) is 14.2. The predicted molar refractivity (Wildman–Crippen MR) is 102 cm³/mol. The van der Waals surface area contributed by atoms with Crippen LogP contribution in [0.1, 0.15) is 13.3 Å². The van der Waals surface area contributed by atoms with E-state index in [9.17, 15) is 14.4 Å².